The summed E-state index contributed by atoms with van der Waals surface area (Å²) in [5.74, 6) is 0.393. The van der Waals surface area contributed by atoms with Crippen LogP contribution in [0.5, 0.6) is 0 Å². The fourth-order valence-corrected chi connectivity index (χ4v) is 6.02. The van der Waals surface area contributed by atoms with Gasteiger partial charge in [-0.3, -0.25) is 19.4 Å². The van der Waals surface area contributed by atoms with E-state index in [4.69, 9.17) is 0 Å². The smallest absolute Gasteiger partial charge is 0.255 e. The maximum Gasteiger partial charge on any atom is 0.255 e. The second-order valence-corrected chi connectivity index (χ2v) is 9.20. The third-order valence-corrected chi connectivity index (χ3v) is 7.58. The average molecular weight is 399 g/mol. The molecule has 0 unspecified atom stereocenters. The Labute approximate surface area is 172 Å². The maximum absolute atomic E-state index is 13.2. The second kappa shape index (κ2) is 7.11. The van der Waals surface area contributed by atoms with E-state index >= 15 is 0 Å². The third-order valence-electron chi connectivity index (χ3n) is 7.58. The van der Waals surface area contributed by atoms with Crippen molar-refractivity contribution in [2.24, 2.45) is 16.7 Å². The van der Waals surface area contributed by atoms with Crippen LogP contribution in [0.2, 0.25) is 0 Å². The molecule has 2 atom stereocenters. The van der Waals surface area contributed by atoms with Crippen LogP contribution in [0.15, 0.2) is 24.5 Å². The third kappa shape index (κ3) is 3.11. The number of hydrogen-bond donors (Lipinski definition) is 0. The number of nitrogens with zero attached hydrogens (tertiary/aromatic N) is 4. The Balaban J connectivity index is 1.54. The van der Waals surface area contributed by atoms with E-state index in [1.165, 1.54) is 0 Å². The predicted octanol–water partition coefficient (Wildman–Crippen LogP) is 1.65. The fourth-order valence-electron chi connectivity index (χ4n) is 6.02. The minimum absolute atomic E-state index is 0.0263. The SMILES string of the molecule is CC(=O)N1C[C@H]2C3(CCN(C(=O)c4cccnc4)CC3)CC[C@@]2(C(=O)N(C)C)C1. The molecule has 0 bridgehead atoms. The lowest BCUT2D eigenvalue weighted by atomic mass is 9.65. The number of fused-ring (bicyclic) bond motifs is 2. The van der Waals surface area contributed by atoms with E-state index in [-0.39, 0.29) is 29.1 Å². The van der Waals surface area contributed by atoms with Crippen LogP contribution >= 0.6 is 0 Å². The number of carbonyl (C=O) groups excluding carboxylic acids is 3. The van der Waals surface area contributed by atoms with Crippen molar-refractivity contribution >= 4 is 17.7 Å². The maximum atomic E-state index is 13.2. The number of hydrogen-bond acceptors (Lipinski definition) is 4. The lowest BCUT2D eigenvalue weighted by Gasteiger charge is -2.44. The standard InChI is InChI=1S/C22H30N4O3/c1-16(27)26-14-18-21(6-7-22(18,15-26)20(29)24(2)3)8-11-25(12-9-21)19(28)17-5-4-10-23-13-17/h4-5,10,13,18H,6-9,11-12,14-15H2,1-3H3/t18-,22+/m0/s1. The molecule has 2 saturated heterocycles. The molecule has 3 heterocycles. The minimum atomic E-state index is -0.468. The molecule has 7 heteroatoms. The zero-order valence-corrected chi connectivity index (χ0v) is 17.6. The van der Waals surface area contributed by atoms with Gasteiger partial charge in [-0.15, -0.1) is 0 Å². The van der Waals surface area contributed by atoms with E-state index < -0.39 is 5.41 Å². The average Bonchev–Trinajstić information content (AvgIpc) is 3.26. The molecular formula is C22H30N4O3. The molecular weight excluding hydrogens is 368 g/mol. The summed E-state index contributed by atoms with van der Waals surface area (Å²) in [6.45, 7) is 4.17. The summed E-state index contributed by atoms with van der Waals surface area (Å²) in [5, 5.41) is 0. The lowest BCUT2D eigenvalue weighted by Crippen LogP contribution is -2.49. The number of rotatable bonds is 2. The number of pyridine rings is 1. The van der Waals surface area contributed by atoms with Crippen LogP contribution in [0, 0.1) is 16.7 Å². The highest BCUT2D eigenvalue weighted by Gasteiger charge is 2.65. The van der Waals surface area contributed by atoms with Gasteiger partial charge in [0.25, 0.3) is 5.91 Å². The largest absolute Gasteiger partial charge is 0.348 e. The number of amides is 3. The summed E-state index contributed by atoms with van der Waals surface area (Å²) in [6.07, 6.45) is 6.89. The first kappa shape index (κ1) is 19.9. The van der Waals surface area contributed by atoms with E-state index in [0.29, 0.717) is 31.7 Å². The molecule has 1 spiro atoms. The van der Waals surface area contributed by atoms with Crippen LogP contribution in [0.4, 0.5) is 0 Å². The minimum Gasteiger partial charge on any atom is -0.348 e. The molecule has 156 valence electrons. The van der Waals surface area contributed by atoms with Gasteiger partial charge in [0.15, 0.2) is 0 Å². The first-order valence-corrected chi connectivity index (χ1v) is 10.5. The Morgan fingerprint density at radius 1 is 1.10 bits per heavy atom. The van der Waals surface area contributed by atoms with Gasteiger partial charge in [0.1, 0.15) is 0 Å². The molecule has 0 N–H and O–H groups in total. The van der Waals surface area contributed by atoms with Gasteiger partial charge in [0.2, 0.25) is 11.8 Å². The first-order chi connectivity index (χ1) is 13.8. The summed E-state index contributed by atoms with van der Waals surface area (Å²) in [5.41, 5.74) is 0.183. The van der Waals surface area contributed by atoms with Crippen molar-refractivity contribution in [2.45, 2.75) is 32.6 Å². The van der Waals surface area contributed by atoms with Crippen molar-refractivity contribution in [2.75, 3.05) is 40.3 Å². The Morgan fingerprint density at radius 2 is 1.83 bits per heavy atom. The van der Waals surface area contributed by atoms with Gasteiger partial charge >= 0.3 is 0 Å². The van der Waals surface area contributed by atoms with E-state index in [0.717, 1.165) is 25.7 Å². The van der Waals surface area contributed by atoms with E-state index in [2.05, 4.69) is 4.98 Å². The Morgan fingerprint density at radius 3 is 2.41 bits per heavy atom. The quantitative estimate of drug-likeness (QED) is 0.759. The highest BCUT2D eigenvalue weighted by Crippen LogP contribution is 2.62. The van der Waals surface area contributed by atoms with Crippen molar-refractivity contribution in [1.82, 2.24) is 19.7 Å². The Bertz CT molecular complexity index is 817. The molecule has 1 saturated carbocycles. The molecule has 2 aliphatic heterocycles. The molecule has 3 fully saturated rings. The van der Waals surface area contributed by atoms with E-state index in [1.54, 1.807) is 36.4 Å². The second-order valence-electron chi connectivity index (χ2n) is 9.20. The Kier molecular flexibility index (Phi) is 4.87. The van der Waals surface area contributed by atoms with E-state index in [1.807, 2.05) is 23.9 Å². The van der Waals surface area contributed by atoms with Crippen molar-refractivity contribution in [3.63, 3.8) is 0 Å². The summed E-state index contributed by atoms with van der Waals surface area (Å²) >= 11 is 0. The van der Waals surface area contributed by atoms with Gasteiger partial charge in [0, 0.05) is 59.6 Å². The molecule has 7 nitrogen and oxygen atoms in total. The predicted molar refractivity (Wildman–Crippen MR) is 108 cm³/mol. The molecule has 1 aromatic rings. The summed E-state index contributed by atoms with van der Waals surface area (Å²) < 4.78 is 0. The van der Waals surface area contributed by atoms with Gasteiger partial charge in [-0.05, 0) is 49.1 Å². The number of carbonyl (C=O) groups is 3. The first-order valence-electron chi connectivity index (χ1n) is 10.5. The van der Waals surface area contributed by atoms with Crippen LogP contribution in [0.25, 0.3) is 0 Å². The Hall–Kier alpha value is -2.44. The molecule has 1 aliphatic carbocycles. The molecule has 4 rings (SSSR count). The van der Waals surface area contributed by atoms with Crippen LogP contribution < -0.4 is 0 Å². The van der Waals surface area contributed by atoms with Gasteiger partial charge in [-0.2, -0.15) is 0 Å². The molecule has 0 radical (unpaired) electrons. The monoisotopic (exact) mass is 398 g/mol. The molecule has 3 aliphatic rings. The topological polar surface area (TPSA) is 73.8 Å². The highest BCUT2D eigenvalue weighted by molar-refractivity contribution is 5.94. The van der Waals surface area contributed by atoms with Crippen molar-refractivity contribution < 1.29 is 14.4 Å². The number of aromatic nitrogens is 1. The number of likely N-dealkylation sites (tertiary alicyclic amines) is 2. The van der Waals surface area contributed by atoms with Crippen LogP contribution in [0.3, 0.4) is 0 Å². The van der Waals surface area contributed by atoms with E-state index in [9.17, 15) is 14.4 Å². The lowest BCUT2D eigenvalue weighted by molar-refractivity contribution is -0.141. The van der Waals surface area contributed by atoms with Gasteiger partial charge in [-0.1, -0.05) is 0 Å². The molecule has 3 amide bonds. The summed E-state index contributed by atoms with van der Waals surface area (Å²) in [7, 11) is 3.62. The zero-order chi connectivity index (χ0) is 20.8. The van der Waals surface area contributed by atoms with Crippen LogP contribution in [0.1, 0.15) is 43.0 Å². The van der Waals surface area contributed by atoms with Crippen molar-refractivity contribution in [1.29, 1.82) is 0 Å². The molecule has 1 aromatic heterocycles. The zero-order valence-electron chi connectivity index (χ0n) is 17.6. The van der Waals surface area contributed by atoms with Gasteiger partial charge < -0.3 is 14.7 Å². The van der Waals surface area contributed by atoms with Gasteiger partial charge in [-0.25, -0.2) is 0 Å². The summed E-state index contributed by atoms with van der Waals surface area (Å²) in [4.78, 5) is 47.7. The molecule has 0 aromatic carbocycles. The normalized spacial score (nSPS) is 27.8. The van der Waals surface area contributed by atoms with Crippen molar-refractivity contribution in [3.05, 3.63) is 30.1 Å². The van der Waals surface area contributed by atoms with Gasteiger partial charge in [0.05, 0.1) is 11.0 Å². The van der Waals surface area contributed by atoms with Crippen LogP contribution in [-0.2, 0) is 9.59 Å². The number of piperidine rings is 1. The van der Waals surface area contributed by atoms with Crippen LogP contribution in [-0.4, -0.2) is 77.7 Å². The van der Waals surface area contributed by atoms with Crippen molar-refractivity contribution in [3.8, 4) is 0 Å². The fraction of sp³-hybridized carbons (Fsp3) is 0.636. The highest BCUT2D eigenvalue weighted by atomic mass is 16.2. The summed E-state index contributed by atoms with van der Waals surface area (Å²) in [6, 6.07) is 3.59. The molecule has 29 heavy (non-hydrogen) atoms.